The molecule has 0 radical (unpaired) electrons. The molecule has 0 N–H and O–H groups in total. The Morgan fingerprint density at radius 3 is 2.48 bits per heavy atom. The van der Waals surface area contributed by atoms with Crippen LogP contribution in [0.25, 0.3) is 10.9 Å². The molecule has 0 amide bonds. The lowest BCUT2D eigenvalue weighted by Crippen LogP contribution is -2.26. The van der Waals surface area contributed by atoms with Crippen molar-refractivity contribution >= 4 is 45.6 Å². The molecule has 2 rings (SSSR count). The molecule has 0 saturated heterocycles. The second-order valence-electron chi connectivity index (χ2n) is 5.39. The first-order valence-electron chi connectivity index (χ1n) is 6.09. The van der Waals surface area contributed by atoms with Gasteiger partial charge in [-0.25, -0.2) is 9.36 Å². The molecule has 0 saturated carbocycles. The second kappa shape index (κ2) is 5.56. The fourth-order valence-electron chi connectivity index (χ4n) is 1.76. The molecule has 0 aliphatic rings. The molecule has 0 unspecified atom stereocenters. The number of aromatic nitrogens is 1. The van der Waals surface area contributed by atoms with E-state index in [9.17, 15) is 9.36 Å². The Morgan fingerprint density at radius 1 is 1.24 bits per heavy atom. The van der Waals surface area contributed by atoms with Gasteiger partial charge in [0.15, 0.2) is 0 Å². The van der Waals surface area contributed by atoms with Crippen molar-refractivity contribution in [3.63, 3.8) is 0 Å². The molecular formula is C13H14Cl2NO4P. The lowest BCUT2D eigenvalue weighted by Gasteiger charge is -2.19. The Kier molecular flexibility index (Phi) is 4.29. The molecule has 1 aromatic carbocycles. The van der Waals surface area contributed by atoms with Crippen LogP contribution in [0.3, 0.4) is 0 Å². The van der Waals surface area contributed by atoms with Gasteiger partial charge in [-0.05, 0) is 39.0 Å². The lowest BCUT2D eigenvalue weighted by atomic mass is 10.2. The fourth-order valence-corrected chi connectivity index (χ4v) is 2.60. The van der Waals surface area contributed by atoms with Crippen molar-refractivity contribution in [2.24, 2.45) is 0 Å². The van der Waals surface area contributed by atoms with Gasteiger partial charge in [0.25, 0.3) is 0 Å². The molecule has 5 nitrogen and oxygen atoms in total. The molecule has 2 aromatic rings. The van der Waals surface area contributed by atoms with Gasteiger partial charge in [0, 0.05) is 40.1 Å². The van der Waals surface area contributed by atoms with E-state index in [4.69, 9.17) is 31.7 Å². The maximum atomic E-state index is 12.1. The maximum absolute atomic E-state index is 12.1. The predicted octanol–water partition coefficient (Wildman–Crippen LogP) is 5.39. The van der Waals surface area contributed by atoms with Crippen molar-refractivity contribution in [1.29, 1.82) is 0 Å². The molecule has 0 aliphatic carbocycles. The number of halogens is 2. The summed E-state index contributed by atoms with van der Waals surface area (Å²) in [4.78, 5) is 12.1. The molecule has 0 aliphatic heterocycles. The molecule has 21 heavy (non-hydrogen) atoms. The number of hydrogen-bond donors (Lipinski definition) is 0. The molecular weight excluding hydrogens is 336 g/mol. The maximum Gasteiger partial charge on any atom is 0.428 e. The van der Waals surface area contributed by atoms with Gasteiger partial charge >= 0.3 is 12.2 Å². The van der Waals surface area contributed by atoms with Crippen LogP contribution in [0.1, 0.15) is 20.8 Å². The molecule has 0 atom stereocenters. The standard InChI is InChI=1S/C13H14Cl2NO4P/c1-13(2,3)19-12(17)16-7-6-9-4-5-10(8-11(9)16)20-21(14,15)18/h4-8H,1-3H3. The number of carbonyl (C=O) groups excluding carboxylic acids is 1. The van der Waals surface area contributed by atoms with Gasteiger partial charge < -0.3 is 9.26 Å². The second-order valence-corrected chi connectivity index (χ2v) is 9.59. The van der Waals surface area contributed by atoms with Crippen LogP contribution in [-0.2, 0) is 9.30 Å². The van der Waals surface area contributed by atoms with Crippen LogP contribution in [-0.4, -0.2) is 16.3 Å². The van der Waals surface area contributed by atoms with E-state index in [0.29, 0.717) is 5.52 Å². The number of carbonyl (C=O) groups is 1. The van der Waals surface area contributed by atoms with E-state index < -0.39 is 17.8 Å². The quantitative estimate of drug-likeness (QED) is 0.682. The Morgan fingerprint density at radius 2 is 1.90 bits per heavy atom. The Labute approximate surface area is 131 Å². The largest absolute Gasteiger partial charge is 0.443 e. The Bertz CT molecular complexity index is 729. The van der Waals surface area contributed by atoms with Crippen molar-refractivity contribution in [3.05, 3.63) is 30.5 Å². The molecule has 0 fully saturated rings. The molecule has 8 heteroatoms. The van der Waals surface area contributed by atoms with Crippen LogP contribution in [0.4, 0.5) is 4.79 Å². The van der Waals surface area contributed by atoms with Gasteiger partial charge in [-0.1, -0.05) is 0 Å². The summed E-state index contributed by atoms with van der Waals surface area (Å²) in [6.07, 6.45) is -2.63. The van der Waals surface area contributed by atoms with E-state index in [1.54, 1.807) is 45.2 Å². The van der Waals surface area contributed by atoms with Crippen LogP contribution < -0.4 is 4.52 Å². The average Bonchev–Trinajstić information content (AvgIpc) is 2.67. The molecule has 0 spiro atoms. The molecule has 0 bridgehead atoms. The summed E-state index contributed by atoms with van der Waals surface area (Å²) >= 11 is 10.8. The van der Waals surface area contributed by atoms with Crippen molar-refractivity contribution in [1.82, 2.24) is 4.57 Å². The van der Waals surface area contributed by atoms with Gasteiger partial charge in [0.05, 0.1) is 5.52 Å². The van der Waals surface area contributed by atoms with Crippen LogP contribution in [0.5, 0.6) is 5.75 Å². The first kappa shape index (κ1) is 16.2. The minimum atomic E-state index is -3.70. The average molecular weight is 350 g/mol. The third kappa shape index (κ3) is 4.40. The Balaban J connectivity index is 2.39. The van der Waals surface area contributed by atoms with Crippen molar-refractivity contribution in [2.75, 3.05) is 0 Å². The van der Waals surface area contributed by atoms with Crippen LogP contribution >= 0.6 is 28.6 Å². The number of ether oxygens (including phenoxy) is 1. The van der Waals surface area contributed by atoms with Gasteiger partial charge in [0.1, 0.15) is 11.4 Å². The minimum Gasteiger partial charge on any atom is -0.443 e. The van der Waals surface area contributed by atoms with E-state index in [-0.39, 0.29) is 5.75 Å². The summed E-state index contributed by atoms with van der Waals surface area (Å²) in [5.74, 6) is 0.208. The molecule has 1 heterocycles. The van der Waals surface area contributed by atoms with Crippen molar-refractivity contribution < 1.29 is 18.6 Å². The third-order valence-electron chi connectivity index (χ3n) is 2.47. The van der Waals surface area contributed by atoms with Crippen LogP contribution in [0.2, 0.25) is 0 Å². The summed E-state index contributed by atoms with van der Waals surface area (Å²) in [5, 5.41) is 0.798. The molecule has 114 valence electrons. The number of hydrogen-bond acceptors (Lipinski definition) is 4. The van der Waals surface area contributed by atoms with E-state index in [0.717, 1.165) is 5.39 Å². The minimum absolute atomic E-state index is 0.208. The summed E-state index contributed by atoms with van der Waals surface area (Å²) in [7, 11) is 0. The lowest BCUT2D eigenvalue weighted by molar-refractivity contribution is 0.0544. The number of fused-ring (bicyclic) bond motifs is 1. The summed E-state index contributed by atoms with van der Waals surface area (Å²) in [5.41, 5.74) is -0.0624. The summed E-state index contributed by atoms with van der Waals surface area (Å²) < 4.78 is 22.9. The third-order valence-corrected chi connectivity index (χ3v) is 3.30. The van der Waals surface area contributed by atoms with Crippen LogP contribution in [0, 0.1) is 0 Å². The highest BCUT2D eigenvalue weighted by Crippen LogP contribution is 2.57. The summed E-state index contributed by atoms with van der Waals surface area (Å²) in [6, 6.07) is 6.55. The highest BCUT2D eigenvalue weighted by molar-refractivity contribution is 8.05. The molecule has 1 aromatic heterocycles. The van der Waals surface area contributed by atoms with Crippen molar-refractivity contribution in [3.8, 4) is 5.75 Å². The van der Waals surface area contributed by atoms with Crippen molar-refractivity contribution in [2.45, 2.75) is 26.4 Å². The zero-order valence-electron chi connectivity index (χ0n) is 11.7. The normalized spacial score (nSPS) is 12.4. The fraction of sp³-hybridized carbons (Fsp3) is 0.308. The predicted molar refractivity (Wildman–Crippen MR) is 83.5 cm³/mol. The van der Waals surface area contributed by atoms with E-state index in [2.05, 4.69) is 0 Å². The van der Waals surface area contributed by atoms with E-state index in [1.165, 1.54) is 10.6 Å². The zero-order chi connectivity index (χ0) is 15.8. The Hall–Kier alpha value is -1.16. The highest BCUT2D eigenvalue weighted by Gasteiger charge is 2.20. The summed E-state index contributed by atoms with van der Waals surface area (Å²) in [6.45, 7) is 5.34. The van der Waals surface area contributed by atoms with Gasteiger partial charge in [-0.15, -0.1) is 0 Å². The smallest absolute Gasteiger partial charge is 0.428 e. The van der Waals surface area contributed by atoms with E-state index in [1.807, 2.05) is 0 Å². The highest BCUT2D eigenvalue weighted by atomic mass is 35.9. The topological polar surface area (TPSA) is 57.5 Å². The van der Waals surface area contributed by atoms with Gasteiger partial charge in [0.2, 0.25) is 0 Å². The first-order valence-corrected chi connectivity index (χ1v) is 9.52. The number of benzene rings is 1. The van der Waals surface area contributed by atoms with Crippen LogP contribution in [0.15, 0.2) is 30.5 Å². The van der Waals surface area contributed by atoms with Gasteiger partial charge in [-0.2, -0.15) is 0 Å². The monoisotopic (exact) mass is 349 g/mol. The number of rotatable bonds is 2. The zero-order valence-corrected chi connectivity index (χ0v) is 14.1. The van der Waals surface area contributed by atoms with Gasteiger partial charge in [-0.3, -0.25) is 4.57 Å². The van der Waals surface area contributed by atoms with E-state index >= 15 is 0 Å². The SMILES string of the molecule is CC(C)(C)OC(=O)n1ccc2ccc(OP(=O)(Cl)Cl)cc21. The first-order chi connectivity index (χ1) is 9.55. The number of nitrogens with zero attached hydrogens (tertiary/aromatic N) is 1.